The van der Waals surface area contributed by atoms with Crippen molar-refractivity contribution in [2.45, 2.75) is 36.3 Å². The minimum atomic E-state index is -4.53. The molecule has 0 fully saturated rings. The Hall–Kier alpha value is -1.80. The van der Waals surface area contributed by atoms with Crippen molar-refractivity contribution in [3.63, 3.8) is 0 Å². The van der Waals surface area contributed by atoms with E-state index in [2.05, 4.69) is 10.3 Å². The average Bonchev–Trinajstić information content (AvgIpc) is 2.56. The fourth-order valence-electron chi connectivity index (χ4n) is 2.05. The molecule has 3 nitrogen and oxygen atoms in total. The molecule has 0 saturated carbocycles. The normalized spacial score (nSPS) is 14.0. The molecule has 9 heteroatoms. The molecule has 2 unspecified atom stereocenters. The number of carbonyl (C=O) groups excluding carboxylic acids is 1. The van der Waals surface area contributed by atoms with Gasteiger partial charge in [-0.1, -0.05) is 35.5 Å². The Labute approximate surface area is 157 Å². The van der Waals surface area contributed by atoms with Crippen LogP contribution in [0.4, 0.5) is 17.6 Å². The smallest absolute Gasteiger partial charge is 0.349 e. The number of nitrogens with zero attached hydrogens (tertiary/aromatic N) is 1. The minimum Gasteiger partial charge on any atom is -0.349 e. The standard InChI is InChI=1S/C17H15ClF4N2OS/c1-9(11-3-5-13(19)6-4-11)24-15(25)10(2)26-16-14(18)7-12(8-23-16)17(20,21)22/h3-10H,1-2H3,(H,24,25). The summed E-state index contributed by atoms with van der Waals surface area (Å²) in [7, 11) is 0. The lowest BCUT2D eigenvalue weighted by molar-refractivity contribution is -0.137. The van der Waals surface area contributed by atoms with Crippen molar-refractivity contribution < 1.29 is 22.4 Å². The van der Waals surface area contributed by atoms with Crippen LogP contribution in [0.25, 0.3) is 0 Å². The molecular formula is C17H15ClF4N2OS. The monoisotopic (exact) mass is 406 g/mol. The number of pyridine rings is 1. The number of thioether (sulfide) groups is 1. The summed E-state index contributed by atoms with van der Waals surface area (Å²) in [4.78, 5) is 16.0. The lowest BCUT2D eigenvalue weighted by Gasteiger charge is -2.18. The van der Waals surface area contributed by atoms with Gasteiger partial charge >= 0.3 is 6.18 Å². The predicted molar refractivity (Wildman–Crippen MR) is 92.5 cm³/mol. The maximum atomic E-state index is 12.9. The van der Waals surface area contributed by atoms with E-state index in [0.717, 1.165) is 23.4 Å². The first-order chi connectivity index (χ1) is 12.1. The highest BCUT2D eigenvalue weighted by Crippen LogP contribution is 2.35. The van der Waals surface area contributed by atoms with Gasteiger partial charge in [0.15, 0.2) is 0 Å². The maximum Gasteiger partial charge on any atom is 0.417 e. The van der Waals surface area contributed by atoms with Crippen molar-refractivity contribution in [2.75, 3.05) is 0 Å². The number of rotatable bonds is 5. The molecule has 140 valence electrons. The van der Waals surface area contributed by atoms with Crippen LogP contribution >= 0.6 is 23.4 Å². The SMILES string of the molecule is CC(Sc1ncc(C(F)(F)F)cc1Cl)C(=O)NC(C)c1ccc(F)cc1. The Balaban J connectivity index is 2.01. The Morgan fingerprint density at radius 2 is 1.85 bits per heavy atom. The summed E-state index contributed by atoms with van der Waals surface area (Å²) in [6.45, 7) is 3.33. The van der Waals surface area contributed by atoms with E-state index in [9.17, 15) is 22.4 Å². The van der Waals surface area contributed by atoms with Crippen LogP contribution < -0.4 is 5.32 Å². The summed E-state index contributed by atoms with van der Waals surface area (Å²) in [5, 5.41) is 2.08. The Bertz CT molecular complexity index is 783. The van der Waals surface area contributed by atoms with Crippen LogP contribution in [0.2, 0.25) is 5.02 Å². The molecule has 0 aliphatic heterocycles. The summed E-state index contributed by atoms with van der Waals surface area (Å²) in [5.41, 5.74) is -0.225. The number of alkyl halides is 3. The highest BCUT2D eigenvalue weighted by molar-refractivity contribution is 8.00. The lowest BCUT2D eigenvalue weighted by Crippen LogP contribution is -2.33. The van der Waals surface area contributed by atoms with Gasteiger partial charge in [0, 0.05) is 6.20 Å². The zero-order valence-electron chi connectivity index (χ0n) is 13.8. The Morgan fingerprint density at radius 3 is 2.38 bits per heavy atom. The van der Waals surface area contributed by atoms with Gasteiger partial charge in [0.1, 0.15) is 10.8 Å². The number of halogens is 5. The molecule has 0 saturated heterocycles. The van der Waals surface area contributed by atoms with E-state index < -0.39 is 17.0 Å². The molecule has 1 aromatic heterocycles. The van der Waals surface area contributed by atoms with Gasteiger partial charge in [0.2, 0.25) is 5.91 Å². The molecule has 0 spiro atoms. The minimum absolute atomic E-state index is 0.136. The second kappa shape index (κ2) is 8.26. The number of aromatic nitrogens is 1. The largest absolute Gasteiger partial charge is 0.417 e. The molecule has 1 amide bonds. The summed E-state index contributed by atoms with van der Waals surface area (Å²) < 4.78 is 50.8. The third kappa shape index (κ3) is 5.35. The molecular weight excluding hydrogens is 392 g/mol. The quantitative estimate of drug-likeness (QED) is 0.544. The molecule has 1 aromatic carbocycles. The fourth-order valence-corrected chi connectivity index (χ4v) is 3.15. The van der Waals surface area contributed by atoms with E-state index in [1.165, 1.54) is 12.1 Å². The van der Waals surface area contributed by atoms with Gasteiger partial charge in [-0.05, 0) is 37.6 Å². The van der Waals surface area contributed by atoms with Crippen molar-refractivity contribution in [1.82, 2.24) is 10.3 Å². The van der Waals surface area contributed by atoms with E-state index in [1.54, 1.807) is 26.0 Å². The molecule has 0 bridgehead atoms. The van der Waals surface area contributed by atoms with Gasteiger partial charge in [-0.15, -0.1) is 0 Å². The maximum absolute atomic E-state index is 12.9. The fraction of sp³-hybridized carbons (Fsp3) is 0.294. The zero-order valence-corrected chi connectivity index (χ0v) is 15.3. The third-order valence-electron chi connectivity index (χ3n) is 3.52. The molecule has 0 aliphatic rings. The number of hydrogen-bond acceptors (Lipinski definition) is 3. The molecule has 2 rings (SSSR count). The first-order valence-corrected chi connectivity index (χ1v) is 8.79. The van der Waals surface area contributed by atoms with Gasteiger partial charge < -0.3 is 5.32 Å². The van der Waals surface area contributed by atoms with Crippen LogP contribution in [-0.2, 0) is 11.0 Å². The third-order valence-corrected chi connectivity index (χ3v) is 5.04. The molecule has 1 heterocycles. The second-order valence-electron chi connectivity index (χ2n) is 5.55. The number of carbonyl (C=O) groups is 1. The van der Waals surface area contributed by atoms with Gasteiger partial charge in [0.25, 0.3) is 0 Å². The van der Waals surface area contributed by atoms with E-state index >= 15 is 0 Å². The number of benzene rings is 1. The predicted octanol–water partition coefficient (Wildman–Crippen LogP) is 5.25. The summed E-state index contributed by atoms with van der Waals surface area (Å²) >= 11 is 6.80. The van der Waals surface area contributed by atoms with Crippen LogP contribution in [-0.4, -0.2) is 16.1 Å². The summed E-state index contributed by atoms with van der Waals surface area (Å²) in [5.74, 6) is -0.719. The Kier molecular flexibility index (Phi) is 6.52. The number of amides is 1. The van der Waals surface area contributed by atoms with Gasteiger partial charge in [-0.25, -0.2) is 9.37 Å². The van der Waals surface area contributed by atoms with Crippen LogP contribution in [0.3, 0.4) is 0 Å². The Morgan fingerprint density at radius 1 is 1.23 bits per heavy atom. The summed E-state index contributed by atoms with van der Waals surface area (Å²) in [6, 6.07) is 6.13. The van der Waals surface area contributed by atoms with Crippen LogP contribution in [0.5, 0.6) is 0 Å². The van der Waals surface area contributed by atoms with E-state index in [-0.39, 0.29) is 27.8 Å². The van der Waals surface area contributed by atoms with Gasteiger partial charge in [-0.3, -0.25) is 4.79 Å². The molecule has 2 atom stereocenters. The van der Waals surface area contributed by atoms with Gasteiger partial charge in [-0.2, -0.15) is 13.2 Å². The van der Waals surface area contributed by atoms with Crippen molar-refractivity contribution in [3.05, 3.63) is 58.5 Å². The highest BCUT2D eigenvalue weighted by atomic mass is 35.5. The molecule has 2 aromatic rings. The van der Waals surface area contributed by atoms with Crippen LogP contribution in [0, 0.1) is 5.82 Å². The highest BCUT2D eigenvalue weighted by Gasteiger charge is 2.32. The molecule has 0 aliphatic carbocycles. The van der Waals surface area contributed by atoms with Crippen molar-refractivity contribution in [3.8, 4) is 0 Å². The van der Waals surface area contributed by atoms with Crippen molar-refractivity contribution >= 4 is 29.3 Å². The van der Waals surface area contributed by atoms with Gasteiger partial charge in [0.05, 0.1) is 21.9 Å². The average molecular weight is 407 g/mol. The lowest BCUT2D eigenvalue weighted by atomic mass is 10.1. The molecule has 1 N–H and O–H groups in total. The van der Waals surface area contributed by atoms with E-state index in [1.807, 2.05) is 0 Å². The number of hydrogen-bond donors (Lipinski definition) is 1. The van der Waals surface area contributed by atoms with Crippen molar-refractivity contribution in [1.29, 1.82) is 0 Å². The molecule has 26 heavy (non-hydrogen) atoms. The van der Waals surface area contributed by atoms with E-state index in [4.69, 9.17) is 11.6 Å². The zero-order chi connectivity index (χ0) is 19.5. The van der Waals surface area contributed by atoms with E-state index in [0.29, 0.717) is 6.20 Å². The first-order valence-electron chi connectivity index (χ1n) is 7.53. The summed E-state index contributed by atoms with van der Waals surface area (Å²) in [6.07, 6.45) is -3.85. The molecule has 0 radical (unpaired) electrons. The second-order valence-corrected chi connectivity index (χ2v) is 7.29. The van der Waals surface area contributed by atoms with Crippen LogP contribution in [0.1, 0.15) is 31.0 Å². The van der Waals surface area contributed by atoms with Crippen molar-refractivity contribution in [2.24, 2.45) is 0 Å². The van der Waals surface area contributed by atoms with Crippen LogP contribution in [0.15, 0.2) is 41.6 Å². The first kappa shape index (κ1) is 20.5. The topological polar surface area (TPSA) is 42.0 Å². The number of nitrogens with one attached hydrogen (secondary N) is 1.